The summed E-state index contributed by atoms with van der Waals surface area (Å²) in [5.41, 5.74) is 10.6. The molecule has 0 amide bonds. The molecule has 2 aromatic heterocycles. The first kappa shape index (κ1) is 23.9. The van der Waals surface area contributed by atoms with Crippen molar-refractivity contribution in [1.82, 2.24) is 14.5 Å². The van der Waals surface area contributed by atoms with Crippen LogP contribution in [0.5, 0.6) is 0 Å². The normalized spacial score (nSPS) is 20.8. The highest BCUT2D eigenvalue weighted by Crippen LogP contribution is 2.35. The van der Waals surface area contributed by atoms with Gasteiger partial charge in [-0.05, 0) is 75.5 Å². The molecule has 4 N–H and O–H groups in total. The van der Waals surface area contributed by atoms with Gasteiger partial charge in [0.15, 0.2) is 5.82 Å². The van der Waals surface area contributed by atoms with Crippen molar-refractivity contribution < 1.29 is 12.8 Å². The Hall–Kier alpha value is -2.26. The fraction of sp³-hybridized carbons (Fsp3) is 0.583. The number of sulfonamides is 1. The maximum Gasteiger partial charge on any atom is 0.218 e. The minimum Gasteiger partial charge on any atom is -0.382 e. The summed E-state index contributed by atoms with van der Waals surface area (Å²) in [4.78, 5) is 9.54. The molecule has 4 rings (SSSR count). The molecule has 0 bridgehead atoms. The Morgan fingerprint density at radius 1 is 1.18 bits per heavy atom. The third-order valence-electron chi connectivity index (χ3n) is 7.01. The minimum atomic E-state index is -3.86. The van der Waals surface area contributed by atoms with Gasteiger partial charge in [-0.3, -0.25) is 0 Å². The van der Waals surface area contributed by atoms with Crippen LogP contribution >= 0.6 is 0 Å². The van der Waals surface area contributed by atoms with Crippen LogP contribution in [0.25, 0.3) is 11.0 Å². The van der Waals surface area contributed by atoms with Gasteiger partial charge in [-0.2, -0.15) is 0 Å². The zero-order chi connectivity index (χ0) is 23.6. The van der Waals surface area contributed by atoms with E-state index in [1.807, 2.05) is 0 Å². The predicted octanol–water partition coefficient (Wildman–Crippen LogP) is 4.25. The third kappa shape index (κ3) is 4.71. The first-order valence-electron chi connectivity index (χ1n) is 12.0. The van der Waals surface area contributed by atoms with E-state index in [-0.39, 0.29) is 6.42 Å². The van der Waals surface area contributed by atoms with E-state index in [1.165, 1.54) is 23.8 Å². The Labute approximate surface area is 195 Å². The molecular formula is C24H34FN5O2S. The molecule has 0 spiro atoms. The van der Waals surface area contributed by atoms with E-state index in [0.29, 0.717) is 18.7 Å². The lowest BCUT2D eigenvalue weighted by atomic mass is 9.93. The topological polar surface area (TPSA) is 117 Å². The second-order valence-electron chi connectivity index (χ2n) is 9.30. The quantitative estimate of drug-likeness (QED) is 0.526. The van der Waals surface area contributed by atoms with E-state index in [9.17, 15) is 12.8 Å². The van der Waals surface area contributed by atoms with Gasteiger partial charge in [-0.15, -0.1) is 0 Å². The molecule has 9 heteroatoms. The van der Waals surface area contributed by atoms with Gasteiger partial charge in [0, 0.05) is 18.7 Å². The van der Waals surface area contributed by atoms with Crippen molar-refractivity contribution >= 4 is 26.9 Å². The number of unbranched alkanes of at least 4 members (excludes halogenated alkanes) is 2. The number of nitrogen functional groups attached to an aromatic ring is 1. The molecule has 1 atom stereocenters. The fourth-order valence-electron chi connectivity index (χ4n) is 5.09. The maximum atomic E-state index is 13.5. The van der Waals surface area contributed by atoms with Crippen LogP contribution in [0.1, 0.15) is 75.4 Å². The Kier molecular flexibility index (Phi) is 6.91. The largest absolute Gasteiger partial charge is 0.382 e. The number of pyridine rings is 1. The van der Waals surface area contributed by atoms with Crippen LogP contribution in [-0.2, 0) is 35.8 Å². The second-order valence-corrected chi connectivity index (χ2v) is 11.2. The standard InChI is InChI=1S/C24H34FN5O2S/c1-2-3-10-20-29-21-22(18-8-4-5-9-19(18)28-23(21)26)30(20)16-7-6-13-24(33(27,31)32)14-11-17(25)12-15-24/h11-12,14H,2-10,13,15-16H2,1H3,(H2,26,28)(H2,27,31,32). The van der Waals surface area contributed by atoms with E-state index >= 15 is 0 Å². The molecule has 2 aliphatic rings. The van der Waals surface area contributed by atoms with Gasteiger partial charge in [0.25, 0.3) is 0 Å². The number of allylic oxidation sites excluding steroid dienone is 3. The van der Waals surface area contributed by atoms with Crippen LogP contribution in [0, 0.1) is 0 Å². The van der Waals surface area contributed by atoms with Crippen molar-refractivity contribution in [2.24, 2.45) is 5.14 Å². The first-order chi connectivity index (χ1) is 15.8. The van der Waals surface area contributed by atoms with Crippen LogP contribution in [0.2, 0.25) is 0 Å². The number of aromatic nitrogens is 3. The maximum absolute atomic E-state index is 13.5. The van der Waals surface area contributed by atoms with Crippen molar-refractivity contribution in [2.45, 2.75) is 88.8 Å². The molecule has 0 aliphatic heterocycles. The lowest BCUT2D eigenvalue weighted by Gasteiger charge is -2.29. The highest BCUT2D eigenvalue weighted by Gasteiger charge is 2.39. The molecule has 1 unspecified atom stereocenters. The van der Waals surface area contributed by atoms with Crippen molar-refractivity contribution in [2.75, 3.05) is 5.73 Å². The number of primary sulfonamides is 1. The van der Waals surface area contributed by atoms with Crippen LogP contribution in [-0.4, -0.2) is 27.7 Å². The summed E-state index contributed by atoms with van der Waals surface area (Å²) >= 11 is 0. The lowest BCUT2D eigenvalue weighted by Crippen LogP contribution is -2.42. The summed E-state index contributed by atoms with van der Waals surface area (Å²) in [5.74, 6) is 1.09. The van der Waals surface area contributed by atoms with Gasteiger partial charge < -0.3 is 10.3 Å². The van der Waals surface area contributed by atoms with Crippen molar-refractivity contribution in [3.63, 3.8) is 0 Å². The zero-order valence-electron chi connectivity index (χ0n) is 19.3. The summed E-state index contributed by atoms with van der Waals surface area (Å²) in [7, 11) is -3.86. The van der Waals surface area contributed by atoms with Crippen LogP contribution in [0.4, 0.5) is 10.2 Å². The van der Waals surface area contributed by atoms with Crippen LogP contribution < -0.4 is 10.9 Å². The summed E-state index contributed by atoms with van der Waals surface area (Å²) in [6.07, 6.45) is 12.9. The van der Waals surface area contributed by atoms with Crippen molar-refractivity contribution in [3.8, 4) is 0 Å². The predicted molar refractivity (Wildman–Crippen MR) is 130 cm³/mol. The summed E-state index contributed by atoms with van der Waals surface area (Å²) in [6.45, 7) is 2.88. The molecular weight excluding hydrogens is 441 g/mol. The molecule has 2 heterocycles. The minimum absolute atomic E-state index is 0.0691. The number of nitrogens with zero attached hydrogens (tertiary/aromatic N) is 3. The number of aryl methyl sites for hydroxylation is 4. The number of fused-ring (bicyclic) bond motifs is 3. The van der Waals surface area contributed by atoms with E-state index < -0.39 is 20.6 Å². The SMILES string of the molecule is CCCCc1nc2c(N)nc3c(c2n1CCCCC1(S(N)(=O)=O)C=CC(F)=CC1)CCCC3. The number of halogens is 1. The average molecular weight is 476 g/mol. The molecule has 0 radical (unpaired) electrons. The fourth-order valence-corrected chi connectivity index (χ4v) is 6.09. The number of anilines is 1. The van der Waals surface area contributed by atoms with Gasteiger partial charge in [-0.25, -0.2) is 27.9 Å². The first-order valence-corrected chi connectivity index (χ1v) is 13.5. The monoisotopic (exact) mass is 475 g/mol. The molecule has 2 aliphatic carbocycles. The average Bonchev–Trinajstić information content (AvgIpc) is 3.15. The number of hydrogen-bond donors (Lipinski definition) is 2. The summed E-state index contributed by atoms with van der Waals surface area (Å²) in [6, 6.07) is 0. The van der Waals surface area contributed by atoms with Gasteiger partial charge in [0.05, 0.1) is 5.52 Å². The molecule has 0 fully saturated rings. The van der Waals surface area contributed by atoms with E-state index in [4.69, 9.17) is 15.9 Å². The van der Waals surface area contributed by atoms with Crippen LogP contribution in [0.3, 0.4) is 0 Å². The molecule has 180 valence electrons. The molecule has 0 saturated carbocycles. The highest BCUT2D eigenvalue weighted by molar-refractivity contribution is 7.90. The molecule has 33 heavy (non-hydrogen) atoms. The zero-order valence-corrected chi connectivity index (χ0v) is 20.1. The van der Waals surface area contributed by atoms with Gasteiger partial charge in [0.2, 0.25) is 10.0 Å². The highest BCUT2D eigenvalue weighted by atomic mass is 32.2. The van der Waals surface area contributed by atoms with E-state index in [1.54, 1.807) is 0 Å². The Bertz CT molecular complexity index is 1200. The number of imidazole rings is 1. The molecule has 0 saturated heterocycles. The van der Waals surface area contributed by atoms with Crippen LogP contribution in [0.15, 0.2) is 24.1 Å². The number of rotatable bonds is 9. The number of nitrogens with two attached hydrogens (primary N) is 2. The Morgan fingerprint density at radius 3 is 2.67 bits per heavy atom. The third-order valence-corrected chi connectivity index (χ3v) is 8.65. The Balaban J connectivity index is 1.59. The second kappa shape index (κ2) is 9.54. The summed E-state index contributed by atoms with van der Waals surface area (Å²) < 4.78 is 39.2. The van der Waals surface area contributed by atoms with E-state index in [0.717, 1.165) is 80.5 Å². The molecule has 7 nitrogen and oxygen atoms in total. The van der Waals surface area contributed by atoms with E-state index in [2.05, 4.69) is 16.5 Å². The molecule has 0 aromatic carbocycles. The smallest absolute Gasteiger partial charge is 0.218 e. The van der Waals surface area contributed by atoms with Crippen molar-refractivity contribution in [1.29, 1.82) is 0 Å². The van der Waals surface area contributed by atoms with Gasteiger partial charge in [0.1, 0.15) is 21.9 Å². The Morgan fingerprint density at radius 2 is 1.97 bits per heavy atom. The summed E-state index contributed by atoms with van der Waals surface area (Å²) in [5, 5.41) is 5.55. The lowest BCUT2D eigenvalue weighted by molar-refractivity contribution is 0.491. The molecule has 2 aromatic rings. The van der Waals surface area contributed by atoms with Gasteiger partial charge in [-0.1, -0.05) is 19.4 Å². The number of hydrogen-bond acceptors (Lipinski definition) is 5. The van der Waals surface area contributed by atoms with Crippen molar-refractivity contribution in [3.05, 3.63) is 41.1 Å². The van der Waals surface area contributed by atoms with Gasteiger partial charge >= 0.3 is 0 Å².